The van der Waals surface area contributed by atoms with Gasteiger partial charge in [0.25, 0.3) is 0 Å². The molecule has 2 N–H and O–H groups in total. The van der Waals surface area contributed by atoms with Gasteiger partial charge in [0, 0.05) is 12.6 Å². The van der Waals surface area contributed by atoms with Crippen LogP contribution in [-0.2, 0) is 16.6 Å². The van der Waals surface area contributed by atoms with Crippen LogP contribution in [0.3, 0.4) is 0 Å². The highest BCUT2D eigenvalue weighted by Gasteiger charge is 2.21. The minimum absolute atomic E-state index is 0.157. The fraction of sp³-hybridized carbons (Fsp3) is 0.636. The summed E-state index contributed by atoms with van der Waals surface area (Å²) in [6, 6.07) is 1.55. The molecule has 1 heterocycles. The van der Waals surface area contributed by atoms with Crippen LogP contribution in [0.4, 0.5) is 0 Å². The van der Waals surface area contributed by atoms with E-state index in [1.165, 1.54) is 0 Å². The average molecular weight is 371 g/mol. The molecule has 0 radical (unpaired) electrons. The second-order valence-electron chi connectivity index (χ2n) is 3.88. The molecule has 0 aliphatic rings. The van der Waals surface area contributed by atoms with Crippen molar-refractivity contribution in [3.05, 3.63) is 16.5 Å². The van der Waals surface area contributed by atoms with Gasteiger partial charge in [0.15, 0.2) is 4.67 Å². The minimum Gasteiger partial charge on any atom is -0.452 e. The molecule has 1 aromatic rings. The Morgan fingerprint density at radius 2 is 2.21 bits per heavy atom. The first-order chi connectivity index (χ1) is 9.01. The Bertz CT molecular complexity index is 488. The monoisotopic (exact) mass is 370 g/mol. The Labute approximate surface area is 127 Å². The number of hydrogen-bond acceptors (Lipinski definition) is 5. The molecule has 0 aromatic carbocycles. The van der Waals surface area contributed by atoms with Crippen molar-refractivity contribution >= 4 is 37.7 Å². The normalized spacial score (nSPS) is 11.9. The van der Waals surface area contributed by atoms with Gasteiger partial charge in [-0.15, -0.1) is 0 Å². The average Bonchev–Trinajstić information content (AvgIpc) is 2.74. The van der Waals surface area contributed by atoms with Gasteiger partial charge in [-0.25, -0.2) is 13.1 Å². The molecule has 0 saturated carbocycles. The van der Waals surface area contributed by atoms with E-state index in [4.69, 9.17) is 4.42 Å². The number of hydrogen-bond donors (Lipinski definition) is 2. The number of sulfonamides is 1. The summed E-state index contributed by atoms with van der Waals surface area (Å²) in [6.45, 7) is 3.72. The van der Waals surface area contributed by atoms with Crippen molar-refractivity contribution in [2.75, 3.05) is 25.1 Å². The SMILES string of the molecule is CCNCc1cc(S(=O)(=O)NCCCSC)c(Br)o1. The first-order valence-corrected chi connectivity index (χ1v) is 9.65. The van der Waals surface area contributed by atoms with Crippen LogP contribution in [0.5, 0.6) is 0 Å². The summed E-state index contributed by atoms with van der Waals surface area (Å²) in [6.07, 6.45) is 2.80. The molecule has 1 aromatic heterocycles. The third-order valence-corrected chi connectivity index (χ3v) is 5.38. The molecule has 0 spiro atoms. The Kier molecular flexibility index (Phi) is 7.45. The maximum atomic E-state index is 12.1. The van der Waals surface area contributed by atoms with Gasteiger partial charge in [0.05, 0.1) is 6.54 Å². The van der Waals surface area contributed by atoms with Crippen LogP contribution in [0.15, 0.2) is 20.0 Å². The van der Waals surface area contributed by atoms with Crippen LogP contribution in [0.25, 0.3) is 0 Å². The molecule has 110 valence electrons. The van der Waals surface area contributed by atoms with Crippen molar-refractivity contribution in [1.29, 1.82) is 0 Å². The zero-order chi connectivity index (χ0) is 14.3. The van der Waals surface area contributed by atoms with E-state index in [-0.39, 0.29) is 9.56 Å². The summed E-state index contributed by atoms with van der Waals surface area (Å²) in [5.41, 5.74) is 0. The van der Waals surface area contributed by atoms with Gasteiger partial charge in [-0.05, 0) is 40.9 Å². The molecule has 1 rings (SSSR count). The van der Waals surface area contributed by atoms with Gasteiger partial charge in [0.1, 0.15) is 10.7 Å². The fourth-order valence-electron chi connectivity index (χ4n) is 1.42. The Balaban J connectivity index is 2.69. The molecule has 0 fully saturated rings. The smallest absolute Gasteiger partial charge is 0.244 e. The van der Waals surface area contributed by atoms with Crippen molar-refractivity contribution < 1.29 is 12.8 Å². The van der Waals surface area contributed by atoms with Crippen molar-refractivity contribution in [2.24, 2.45) is 0 Å². The van der Waals surface area contributed by atoms with E-state index >= 15 is 0 Å². The van der Waals surface area contributed by atoms with Crippen molar-refractivity contribution in [2.45, 2.75) is 24.8 Å². The summed E-state index contributed by atoms with van der Waals surface area (Å²) >= 11 is 4.84. The lowest BCUT2D eigenvalue weighted by molar-refractivity contribution is 0.464. The summed E-state index contributed by atoms with van der Waals surface area (Å²) in [4.78, 5) is 0.157. The zero-order valence-electron chi connectivity index (χ0n) is 11.0. The van der Waals surface area contributed by atoms with Gasteiger partial charge in [-0.2, -0.15) is 11.8 Å². The van der Waals surface area contributed by atoms with E-state index < -0.39 is 10.0 Å². The molecule has 0 amide bonds. The molecule has 5 nitrogen and oxygen atoms in total. The molecular weight excluding hydrogens is 352 g/mol. The van der Waals surface area contributed by atoms with Crippen LogP contribution >= 0.6 is 27.7 Å². The summed E-state index contributed by atoms with van der Waals surface area (Å²) in [7, 11) is -3.50. The van der Waals surface area contributed by atoms with Crippen molar-refractivity contribution in [3.63, 3.8) is 0 Å². The number of furan rings is 1. The highest BCUT2D eigenvalue weighted by Crippen LogP contribution is 2.25. The standard InChI is InChI=1S/C11H19BrN2O3S2/c1-3-13-8-9-7-10(11(12)17-9)19(15,16)14-5-4-6-18-2/h7,13-14H,3-6,8H2,1-2H3. The molecule has 19 heavy (non-hydrogen) atoms. The van der Waals surface area contributed by atoms with E-state index in [0.717, 1.165) is 18.7 Å². The Hall–Kier alpha value is -0.0200. The molecule has 0 saturated heterocycles. The van der Waals surface area contributed by atoms with Crippen LogP contribution in [0, 0.1) is 0 Å². The first kappa shape index (κ1) is 17.0. The lowest BCUT2D eigenvalue weighted by Crippen LogP contribution is -2.25. The zero-order valence-corrected chi connectivity index (χ0v) is 14.3. The maximum Gasteiger partial charge on any atom is 0.244 e. The molecule has 0 unspecified atom stereocenters. The van der Waals surface area contributed by atoms with E-state index in [9.17, 15) is 8.42 Å². The van der Waals surface area contributed by atoms with E-state index in [0.29, 0.717) is 18.8 Å². The van der Waals surface area contributed by atoms with Gasteiger partial charge in [-0.1, -0.05) is 6.92 Å². The lowest BCUT2D eigenvalue weighted by Gasteiger charge is -2.04. The van der Waals surface area contributed by atoms with Gasteiger partial charge < -0.3 is 9.73 Å². The van der Waals surface area contributed by atoms with Crippen LogP contribution < -0.4 is 10.0 Å². The quantitative estimate of drug-likeness (QED) is 0.651. The molecular formula is C11H19BrN2O3S2. The first-order valence-electron chi connectivity index (χ1n) is 5.98. The fourth-order valence-corrected chi connectivity index (χ4v) is 3.92. The van der Waals surface area contributed by atoms with E-state index in [1.807, 2.05) is 13.2 Å². The number of thioether (sulfide) groups is 1. The predicted octanol–water partition coefficient (Wildman–Crippen LogP) is 2.18. The van der Waals surface area contributed by atoms with Crippen molar-refractivity contribution in [1.82, 2.24) is 10.0 Å². The van der Waals surface area contributed by atoms with E-state index in [2.05, 4.69) is 26.0 Å². The van der Waals surface area contributed by atoms with Crippen LogP contribution in [0.1, 0.15) is 19.1 Å². The third kappa shape index (κ3) is 5.47. The predicted molar refractivity (Wildman–Crippen MR) is 82.0 cm³/mol. The lowest BCUT2D eigenvalue weighted by atomic mass is 10.4. The minimum atomic E-state index is -3.50. The topological polar surface area (TPSA) is 71.3 Å². The number of nitrogens with one attached hydrogen (secondary N) is 2. The number of rotatable bonds is 9. The molecule has 8 heteroatoms. The molecule has 0 atom stereocenters. The number of halogens is 1. The molecule has 0 aliphatic heterocycles. The van der Waals surface area contributed by atoms with Gasteiger partial charge >= 0.3 is 0 Å². The summed E-state index contributed by atoms with van der Waals surface area (Å²) in [5, 5.41) is 3.08. The third-order valence-electron chi connectivity index (χ3n) is 2.36. The van der Waals surface area contributed by atoms with E-state index in [1.54, 1.807) is 17.8 Å². The largest absolute Gasteiger partial charge is 0.452 e. The van der Waals surface area contributed by atoms with Gasteiger partial charge in [-0.3, -0.25) is 0 Å². The van der Waals surface area contributed by atoms with Crippen LogP contribution in [-0.4, -0.2) is 33.5 Å². The second kappa shape index (κ2) is 8.31. The Morgan fingerprint density at radius 1 is 1.47 bits per heavy atom. The Morgan fingerprint density at radius 3 is 2.84 bits per heavy atom. The second-order valence-corrected chi connectivity index (χ2v) is 7.32. The highest BCUT2D eigenvalue weighted by atomic mass is 79.9. The van der Waals surface area contributed by atoms with Gasteiger partial charge in [0.2, 0.25) is 10.0 Å². The van der Waals surface area contributed by atoms with Crippen LogP contribution in [0.2, 0.25) is 0 Å². The summed E-state index contributed by atoms with van der Waals surface area (Å²) < 4.78 is 32.3. The molecule has 0 aliphatic carbocycles. The maximum absolute atomic E-state index is 12.1. The summed E-state index contributed by atoms with van der Waals surface area (Å²) in [5.74, 6) is 1.53. The van der Waals surface area contributed by atoms with Crippen molar-refractivity contribution in [3.8, 4) is 0 Å². The highest BCUT2D eigenvalue weighted by molar-refractivity contribution is 9.10. The molecule has 0 bridgehead atoms.